The second kappa shape index (κ2) is 13.5. The molecular weight excluding hydrogens is 474 g/mol. The van der Waals surface area contributed by atoms with Gasteiger partial charge in [-0.1, -0.05) is 97.4 Å². The Morgan fingerprint density at radius 1 is 0.722 bits per heavy atom. The first-order valence-corrected chi connectivity index (χ1v) is 13.0. The van der Waals surface area contributed by atoms with Crippen molar-refractivity contribution < 1.29 is 24.6 Å². The minimum Gasteiger partial charge on any atom is -0.481 e. The number of thioether (sulfide) groups is 1. The SMILES string of the molecule is O=C(O)C[C@H](NC(=O)CCCCCSC(c1ccccc1)(c1ccccc1)c1ccccc1)C(=O)O. The van der Waals surface area contributed by atoms with Crippen LogP contribution in [0.5, 0.6) is 0 Å². The molecule has 0 spiro atoms. The average Bonchev–Trinajstić information content (AvgIpc) is 2.89. The van der Waals surface area contributed by atoms with Crippen LogP contribution in [0.3, 0.4) is 0 Å². The first-order valence-electron chi connectivity index (χ1n) is 12.0. The lowest BCUT2D eigenvalue weighted by Crippen LogP contribution is -2.42. The molecule has 3 aromatic carbocycles. The summed E-state index contributed by atoms with van der Waals surface area (Å²) in [5.41, 5.74) is 3.60. The van der Waals surface area contributed by atoms with Gasteiger partial charge in [-0.15, -0.1) is 11.8 Å². The predicted molar refractivity (Wildman–Crippen MR) is 142 cm³/mol. The summed E-state index contributed by atoms with van der Waals surface area (Å²) >= 11 is 1.86. The molecule has 0 aromatic heterocycles. The van der Waals surface area contributed by atoms with E-state index in [0.717, 1.165) is 18.6 Å². The second-order valence-corrected chi connectivity index (χ2v) is 9.80. The first kappa shape index (κ1) is 27.0. The van der Waals surface area contributed by atoms with Crippen LogP contribution >= 0.6 is 11.8 Å². The molecule has 0 fully saturated rings. The van der Waals surface area contributed by atoms with Crippen LogP contribution in [0.2, 0.25) is 0 Å². The maximum absolute atomic E-state index is 12.1. The summed E-state index contributed by atoms with van der Waals surface area (Å²) in [5, 5.41) is 20.2. The van der Waals surface area contributed by atoms with Crippen molar-refractivity contribution in [3.05, 3.63) is 108 Å². The van der Waals surface area contributed by atoms with Crippen molar-refractivity contribution in [1.29, 1.82) is 0 Å². The molecule has 3 N–H and O–H groups in total. The summed E-state index contributed by atoms with van der Waals surface area (Å²) in [7, 11) is 0. The van der Waals surface area contributed by atoms with E-state index in [9.17, 15) is 14.4 Å². The van der Waals surface area contributed by atoms with Gasteiger partial charge in [-0.2, -0.15) is 0 Å². The maximum atomic E-state index is 12.1. The number of unbranched alkanes of at least 4 members (excludes halogenated alkanes) is 2. The third kappa shape index (κ3) is 7.21. The van der Waals surface area contributed by atoms with Gasteiger partial charge in [-0.25, -0.2) is 4.79 Å². The molecule has 6 nitrogen and oxygen atoms in total. The van der Waals surface area contributed by atoms with E-state index in [1.165, 1.54) is 16.7 Å². The van der Waals surface area contributed by atoms with Crippen molar-refractivity contribution in [2.45, 2.75) is 42.9 Å². The number of hydrogen-bond donors (Lipinski definition) is 3. The Morgan fingerprint density at radius 2 is 1.19 bits per heavy atom. The van der Waals surface area contributed by atoms with E-state index in [1.54, 1.807) is 0 Å². The van der Waals surface area contributed by atoms with Gasteiger partial charge in [0.1, 0.15) is 6.04 Å². The molecule has 1 amide bonds. The Bertz CT molecular complexity index is 1030. The van der Waals surface area contributed by atoms with E-state index < -0.39 is 30.3 Å². The summed E-state index contributed by atoms with van der Waals surface area (Å²) < 4.78 is -0.382. The number of benzene rings is 3. The van der Waals surface area contributed by atoms with Crippen molar-refractivity contribution in [2.75, 3.05) is 5.75 Å². The first-order chi connectivity index (χ1) is 17.4. The van der Waals surface area contributed by atoms with Gasteiger partial charge in [0.25, 0.3) is 0 Å². The van der Waals surface area contributed by atoms with E-state index >= 15 is 0 Å². The summed E-state index contributed by atoms with van der Waals surface area (Å²) in [6.07, 6.45) is 1.80. The van der Waals surface area contributed by atoms with Crippen LogP contribution in [0.25, 0.3) is 0 Å². The van der Waals surface area contributed by atoms with Crippen molar-refractivity contribution in [3.8, 4) is 0 Å². The van der Waals surface area contributed by atoms with E-state index in [4.69, 9.17) is 10.2 Å². The van der Waals surface area contributed by atoms with Crippen LogP contribution in [-0.2, 0) is 19.1 Å². The summed E-state index contributed by atoms with van der Waals surface area (Å²) in [5.74, 6) is -2.19. The molecule has 3 rings (SSSR count). The number of hydrogen-bond acceptors (Lipinski definition) is 4. The zero-order valence-electron chi connectivity index (χ0n) is 20.0. The topological polar surface area (TPSA) is 104 Å². The highest BCUT2D eigenvalue weighted by Crippen LogP contribution is 2.48. The van der Waals surface area contributed by atoms with E-state index in [0.29, 0.717) is 6.42 Å². The molecule has 3 aromatic rings. The van der Waals surface area contributed by atoms with Gasteiger partial charge in [0, 0.05) is 6.42 Å². The Kier molecular flexibility index (Phi) is 10.1. The largest absolute Gasteiger partial charge is 0.481 e. The fraction of sp³-hybridized carbons (Fsp3) is 0.276. The minimum absolute atomic E-state index is 0.162. The number of carboxylic acid groups (broad SMARTS) is 2. The molecule has 0 radical (unpaired) electrons. The third-order valence-corrected chi connectivity index (χ3v) is 7.55. The molecule has 0 saturated carbocycles. The molecule has 36 heavy (non-hydrogen) atoms. The van der Waals surface area contributed by atoms with Gasteiger partial charge >= 0.3 is 11.9 Å². The quantitative estimate of drug-likeness (QED) is 0.202. The van der Waals surface area contributed by atoms with Crippen LogP contribution in [0.1, 0.15) is 48.8 Å². The Labute approximate surface area is 215 Å². The lowest BCUT2D eigenvalue weighted by Gasteiger charge is -2.35. The van der Waals surface area contributed by atoms with Gasteiger partial charge in [-0.3, -0.25) is 9.59 Å². The monoisotopic (exact) mass is 505 g/mol. The number of amides is 1. The van der Waals surface area contributed by atoms with Gasteiger partial charge in [0.2, 0.25) is 5.91 Å². The highest BCUT2D eigenvalue weighted by atomic mass is 32.2. The standard InChI is InChI=1S/C29H31NO5S/c31-26(30-25(28(34)35)21-27(32)33)19-11-4-12-20-36-29(22-13-5-1-6-14-22,23-15-7-2-8-16-23)24-17-9-3-10-18-24/h1-3,5-10,13-18,25H,4,11-12,19-21H2,(H,30,31)(H,32,33)(H,34,35)/t25-/m0/s1. The predicted octanol–water partition coefficient (Wildman–Crippen LogP) is 5.32. The molecule has 0 aliphatic carbocycles. The highest BCUT2D eigenvalue weighted by molar-refractivity contribution is 8.00. The van der Waals surface area contributed by atoms with Crippen LogP contribution in [0.4, 0.5) is 0 Å². The van der Waals surface area contributed by atoms with Crippen LogP contribution in [-0.4, -0.2) is 39.9 Å². The lowest BCUT2D eigenvalue weighted by molar-refractivity contribution is -0.147. The molecule has 0 aliphatic rings. The summed E-state index contributed by atoms with van der Waals surface area (Å²) in [6, 6.07) is 30.0. The van der Waals surface area contributed by atoms with Gasteiger partial charge < -0.3 is 15.5 Å². The lowest BCUT2D eigenvalue weighted by atomic mass is 9.84. The van der Waals surface area contributed by atoms with Gasteiger partial charge in [0.15, 0.2) is 0 Å². The molecular formula is C29H31NO5S. The maximum Gasteiger partial charge on any atom is 0.326 e. The zero-order valence-corrected chi connectivity index (χ0v) is 20.8. The highest BCUT2D eigenvalue weighted by Gasteiger charge is 2.36. The second-order valence-electron chi connectivity index (χ2n) is 8.49. The Morgan fingerprint density at radius 3 is 1.61 bits per heavy atom. The van der Waals surface area contributed by atoms with E-state index in [2.05, 4.69) is 78.1 Å². The number of rotatable bonds is 14. The molecule has 188 valence electrons. The van der Waals surface area contributed by atoms with Crippen molar-refractivity contribution in [3.63, 3.8) is 0 Å². The number of nitrogens with one attached hydrogen (secondary N) is 1. The smallest absolute Gasteiger partial charge is 0.326 e. The molecule has 1 atom stereocenters. The molecule has 0 heterocycles. The number of carboxylic acids is 2. The molecule has 0 bridgehead atoms. The van der Waals surface area contributed by atoms with Gasteiger partial charge in [0.05, 0.1) is 11.2 Å². The molecule has 0 unspecified atom stereocenters. The fourth-order valence-electron chi connectivity index (χ4n) is 4.20. The molecule has 7 heteroatoms. The fourth-order valence-corrected chi connectivity index (χ4v) is 5.76. The Hall–Kier alpha value is -3.58. The van der Waals surface area contributed by atoms with E-state index in [1.807, 2.05) is 30.0 Å². The van der Waals surface area contributed by atoms with Gasteiger partial charge in [-0.05, 0) is 35.3 Å². The average molecular weight is 506 g/mol. The van der Waals surface area contributed by atoms with Crippen molar-refractivity contribution in [2.24, 2.45) is 0 Å². The number of carbonyl (C=O) groups excluding carboxylic acids is 1. The minimum atomic E-state index is -1.41. The number of aliphatic carboxylic acids is 2. The normalized spacial score (nSPS) is 12.0. The van der Waals surface area contributed by atoms with Crippen molar-refractivity contribution >= 4 is 29.6 Å². The van der Waals surface area contributed by atoms with E-state index in [-0.39, 0.29) is 11.2 Å². The summed E-state index contributed by atoms with van der Waals surface area (Å²) in [4.78, 5) is 34.1. The van der Waals surface area contributed by atoms with Crippen LogP contribution in [0.15, 0.2) is 91.0 Å². The third-order valence-electron chi connectivity index (χ3n) is 5.92. The zero-order chi connectivity index (χ0) is 25.8. The number of carbonyl (C=O) groups is 3. The molecule has 0 aliphatic heterocycles. The van der Waals surface area contributed by atoms with Crippen LogP contribution in [0, 0.1) is 0 Å². The Balaban J connectivity index is 1.66. The van der Waals surface area contributed by atoms with Crippen LogP contribution < -0.4 is 5.32 Å². The molecule has 0 saturated heterocycles. The van der Waals surface area contributed by atoms with Crippen molar-refractivity contribution in [1.82, 2.24) is 5.32 Å². The summed E-state index contributed by atoms with van der Waals surface area (Å²) in [6.45, 7) is 0.